The second-order valence-electron chi connectivity index (χ2n) is 4.37. The highest BCUT2D eigenvalue weighted by Gasteiger charge is 2.55. The van der Waals surface area contributed by atoms with Crippen LogP contribution < -0.4 is 5.32 Å². The lowest BCUT2D eigenvalue weighted by Crippen LogP contribution is -2.74. The maximum Gasteiger partial charge on any atom is 0.122 e. The van der Waals surface area contributed by atoms with E-state index in [9.17, 15) is 5.11 Å². The van der Waals surface area contributed by atoms with Crippen molar-refractivity contribution in [1.29, 1.82) is 0 Å². The maximum absolute atomic E-state index is 10.3. The average molecular weight is 201 g/mol. The normalized spacial score (nSPS) is 36.4. The van der Waals surface area contributed by atoms with Crippen molar-refractivity contribution in [3.8, 4) is 0 Å². The number of nitrogens with one attached hydrogen (secondary N) is 1. The van der Waals surface area contributed by atoms with Crippen LogP contribution in [0.4, 0.5) is 0 Å². The summed E-state index contributed by atoms with van der Waals surface area (Å²) in [5.74, 6) is 0. The van der Waals surface area contributed by atoms with Gasteiger partial charge in [-0.1, -0.05) is 0 Å². The van der Waals surface area contributed by atoms with Crippen LogP contribution in [-0.2, 0) is 9.47 Å². The molecule has 2 rings (SSSR count). The Bertz CT molecular complexity index is 192. The van der Waals surface area contributed by atoms with Crippen LogP contribution in [0.3, 0.4) is 0 Å². The topological polar surface area (TPSA) is 50.7 Å². The standard InChI is InChI=1S/C10H19NO3/c1-13-8-10(4-2-3-5-14-10)9(12)6-11-7-9/h11-12H,2-8H2,1H3. The molecule has 0 aliphatic carbocycles. The minimum absolute atomic E-state index is 0.467. The van der Waals surface area contributed by atoms with Gasteiger partial charge in [0.25, 0.3) is 0 Å². The fourth-order valence-electron chi connectivity index (χ4n) is 2.38. The van der Waals surface area contributed by atoms with Gasteiger partial charge in [0.05, 0.1) is 6.61 Å². The predicted octanol–water partition coefficient (Wildman–Crippen LogP) is -0.0936. The third kappa shape index (κ3) is 1.46. The van der Waals surface area contributed by atoms with Gasteiger partial charge in [-0.25, -0.2) is 0 Å². The quantitative estimate of drug-likeness (QED) is 0.670. The lowest BCUT2D eigenvalue weighted by Gasteiger charge is -2.53. The third-order valence-corrected chi connectivity index (χ3v) is 3.41. The van der Waals surface area contributed by atoms with E-state index in [4.69, 9.17) is 9.47 Å². The van der Waals surface area contributed by atoms with Gasteiger partial charge < -0.3 is 19.9 Å². The Labute approximate surface area is 84.6 Å². The average Bonchev–Trinajstić information content (AvgIpc) is 2.16. The fourth-order valence-corrected chi connectivity index (χ4v) is 2.38. The summed E-state index contributed by atoms with van der Waals surface area (Å²) in [6.45, 7) is 2.48. The fraction of sp³-hybridized carbons (Fsp3) is 1.00. The first-order valence-electron chi connectivity index (χ1n) is 5.28. The molecule has 0 spiro atoms. The molecule has 0 aromatic rings. The second kappa shape index (κ2) is 3.77. The third-order valence-electron chi connectivity index (χ3n) is 3.41. The van der Waals surface area contributed by atoms with Gasteiger partial charge in [0, 0.05) is 26.8 Å². The minimum Gasteiger partial charge on any atom is -0.384 e. The molecule has 2 fully saturated rings. The summed E-state index contributed by atoms with van der Waals surface area (Å²) < 4.78 is 11.0. The van der Waals surface area contributed by atoms with E-state index in [1.54, 1.807) is 7.11 Å². The number of rotatable bonds is 3. The highest BCUT2D eigenvalue weighted by atomic mass is 16.6. The van der Waals surface area contributed by atoms with E-state index in [2.05, 4.69) is 5.32 Å². The van der Waals surface area contributed by atoms with Crippen molar-refractivity contribution in [3.05, 3.63) is 0 Å². The first kappa shape index (κ1) is 10.4. The first-order chi connectivity index (χ1) is 6.72. The molecule has 2 aliphatic heterocycles. The van der Waals surface area contributed by atoms with Crippen molar-refractivity contribution in [1.82, 2.24) is 5.32 Å². The van der Waals surface area contributed by atoms with Crippen LogP contribution in [0, 0.1) is 0 Å². The van der Waals surface area contributed by atoms with Gasteiger partial charge in [-0.3, -0.25) is 0 Å². The van der Waals surface area contributed by atoms with E-state index in [1.165, 1.54) is 0 Å². The van der Waals surface area contributed by atoms with Gasteiger partial charge in [-0.2, -0.15) is 0 Å². The Balaban J connectivity index is 2.11. The van der Waals surface area contributed by atoms with Gasteiger partial charge in [0.15, 0.2) is 0 Å². The Hall–Kier alpha value is -0.160. The molecule has 1 atom stereocenters. The lowest BCUT2D eigenvalue weighted by atomic mass is 9.74. The Morgan fingerprint density at radius 1 is 1.43 bits per heavy atom. The molecule has 2 saturated heterocycles. The predicted molar refractivity (Wildman–Crippen MR) is 52.2 cm³/mol. The molecule has 0 bridgehead atoms. The Morgan fingerprint density at radius 3 is 2.64 bits per heavy atom. The van der Waals surface area contributed by atoms with Crippen LogP contribution in [0.25, 0.3) is 0 Å². The van der Waals surface area contributed by atoms with Crippen molar-refractivity contribution in [2.45, 2.75) is 30.5 Å². The smallest absolute Gasteiger partial charge is 0.122 e. The molecule has 2 heterocycles. The molecule has 4 heteroatoms. The van der Waals surface area contributed by atoms with Crippen LogP contribution >= 0.6 is 0 Å². The van der Waals surface area contributed by atoms with E-state index in [-0.39, 0.29) is 0 Å². The molecular weight excluding hydrogens is 182 g/mol. The number of β-amino-alcohol motifs (C(OH)–C–C–N with tert-alkyl or cyclic N) is 1. The molecule has 0 aromatic heterocycles. The van der Waals surface area contributed by atoms with Crippen LogP contribution in [0.1, 0.15) is 19.3 Å². The zero-order valence-corrected chi connectivity index (χ0v) is 8.71. The van der Waals surface area contributed by atoms with Gasteiger partial charge >= 0.3 is 0 Å². The van der Waals surface area contributed by atoms with E-state index in [1.807, 2.05) is 0 Å². The highest BCUT2D eigenvalue weighted by molar-refractivity contribution is 5.10. The van der Waals surface area contributed by atoms with E-state index in [0.29, 0.717) is 19.7 Å². The first-order valence-corrected chi connectivity index (χ1v) is 5.28. The van der Waals surface area contributed by atoms with Crippen LogP contribution in [0.5, 0.6) is 0 Å². The van der Waals surface area contributed by atoms with Crippen molar-refractivity contribution >= 4 is 0 Å². The number of hydrogen-bond acceptors (Lipinski definition) is 4. The summed E-state index contributed by atoms with van der Waals surface area (Å²) in [5, 5.41) is 13.4. The van der Waals surface area contributed by atoms with Gasteiger partial charge in [-0.05, 0) is 19.3 Å². The van der Waals surface area contributed by atoms with Crippen molar-refractivity contribution < 1.29 is 14.6 Å². The zero-order valence-electron chi connectivity index (χ0n) is 8.71. The molecule has 2 aliphatic rings. The molecular formula is C10H19NO3. The summed E-state index contributed by atoms with van der Waals surface area (Å²) >= 11 is 0. The summed E-state index contributed by atoms with van der Waals surface area (Å²) in [4.78, 5) is 0. The molecule has 2 N–H and O–H groups in total. The monoisotopic (exact) mass is 201 g/mol. The lowest BCUT2D eigenvalue weighted by molar-refractivity contribution is -0.238. The number of ether oxygens (including phenoxy) is 2. The molecule has 0 amide bonds. The highest BCUT2D eigenvalue weighted by Crippen LogP contribution is 2.37. The maximum atomic E-state index is 10.3. The molecule has 82 valence electrons. The van der Waals surface area contributed by atoms with Crippen LogP contribution in [0.2, 0.25) is 0 Å². The molecule has 1 unspecified atom stereocenters. The largest absolute Gasteiger partial charge is 0.384 e. The zero-order chi connectivity index (χ0) is 10.1. The molecule has 0 radical (unpaired) electrons. The van der Waals surface area contributed by atoms with Crippen molar-refractivity contribution in [3.63, 3.8) is 0 Å². The number of aliphatic hydroxyl groups is 1. The molecule has 0 aromatic carbocycles. The SMILES string of the molecule is COCC1(C2(O)CNC2)CCCCO1. The van der Waals surface area contributed by atoms with Crippen molar-refractivity contribution in [2.75, 3.05) is 33.4 Å². The van der Waals surface area contributed by atoms with E-state index >= 15 is 0 Å². The Morgan fingerprint density at radius 2 is 2.21 bits per heavy atom. The molecule has 0 saturated carbocycles. The minimum atomic E-state index is -0.719. The van der Waals surface area contributed by atoms with Gasteiger partial charge in [0.1, 0.15) is 11.2 Å². The van der Waals surface area contributed by atoms with E-state index < -0.39 is 11.2 Å². The summed E-state index contributed by atoms with van der Waals surface area (Å²) in [5.41, 5.74) is -1.19. The molecule has 14 heavy (non-hydrogen) atoms. The number of hydrogen-bond donors (Lipinski definition) is 2. The summed E-state index contributed by atoms with van der Waals surface area (Å²) in [6.07, 6.45) is 3.11. The van der Waals surface area contributed by atoms with Gasteiger partial charge in [0.2, 0.25) is 0 Å². The van der Waals surface area contributed by atoms with Crippen LogP contribution in [-0.4, -0.2) is 49.7 Å². The van der Waals surface area contributed by atoms with Gasteiger partial charge in [-0.15, -0.1) is 0 Å². The van der Waals surface area contributed by atoms with Crippen molar-refractivity contribution in [2.24, 2.45) is 0 Å². The summed E-state index contributed by atoms with van der Waals surface area (Å²) in [6, 6.07) is 0. The number of methoxy groups -OCH3 is 1. The molecule has 4 nitrogen and oxygen atoms in total. The van der Waals surface area contributed by atoms with E-state index in [0.717, 1.165) is 25.9 Å². The Kier molecular flexibility index (Phi) is 2.79. The second-order valence-corrected chi connectivity index (χ2v) is 4.37. The summed E-state index contributed by atoms with van der Waals surface area (Å²) in [7, 11) is 1.66. The van der Waals surface area contributed by atoms with Crippen LogP contribution in [0.15, 0.2) is 0 Å².